The summed E-state index contributed by atoms with van der Waals surface area (Å²) in [4.78, 5) is 11.1. The van der Waals surface area contributed by atoms with Crippen LogP contribution < -0.4 is 24.8 Å². The molecule has 1 fully saturated rings. The van der Waals surface area contributed by atoms with Gasteiger partial charge in [0.05, 0.1) is 5.91 Å². The van der Waals surface area contributed by atoms with Crippen molar-refractivity contribution in [1.29, 1.82) is 0 Å². The summed E-state index contributed by atoms with van der Waals surface area (Å²) in [7, 11) is 0. The molecule has 2 rings (SSSR count). The van der Waals surface area contributed by atoms with E-state index in [9.17, 15) is 4.79 Å². The van der Waals surface area contributed by atoms with Gasteiger partial charge in [0.1, 0.15) is 0 Å². The van der Waals surface area contributed by atoms with Crippen LogP contribution in [0.15, 0.2) is 17.2 Å². The van der Waals surface area contributed by atoms with Gasteiger partial charge in [-0.3, -0.25) is 6.08 Å². The van der Waals surface area contributed by atoms with Crippen LogP contribution in [0.2, 0.25) is 0 Å². The number of halogens is 2. The zero-order valence-electron chi connectivity index (χ0n) is 15.8. The molecule has 0 atom stereocenters. The molecule has 0 saturated heterocycles. The summed E-state index contributed by atoms with van der Waals surface area (Å²) in [5.74, 6) is -0.281. The van der Waals surface area contributed by atoms with Crippen molar-refractivity contribution in [3.63, 3.8) is 0 Å². The van der Waals surface area contributed by atoms with E-state index >= 15 is 0 Å². The molecule has 1 N–H and O–H groups in total. The Bertz CT molecular complexity index is 385. The summed E-state index contributed by atoms with van der Waals surface area (Å²) in [6.45, 7) is 4.27. The molecule has 2 aliphatic carbocycles. The summed E-state index contributed by atoms with van der Waals surface area (Å²) in [6.07, 6.45) is 19.7. The Morgan fingerprint density at radius 2 is 1.32 bits per heavy atom. The maximum atomic E-state index is 11.1. The normalized spacial score (nSPS) is 19.0. The smallest absolute Gasteiger partial charge is 1.00 e. The molecule has 5 heteroatoms. The summed E-state index contributed by atoms with van der Waals surface area (Å²) in [5.41, 5.74) is 10.1. The molecule has 0 aliphatic heterocycles. The van der Waals surface area contributed by atoms with Gasteiger partial charge in [-0.25, -0.2) is 11.6 Å². The summed E-state index contributed by atoms with van der Waals surface area (Å²) in [6, 6.07) is 0. The Morgan fingerprint density at radius 1 is 0.920 bits per heavy atom. The first-order valence-corrected chi connectivity index (χ1v) is 9.09. The van der Waals surface area contributed by atoms with Crippen molar-refractivity contribution in [3.05, 3.63) is 29.0 Å². The van der Waals surface area contributed by atoms with Gasteiger partial charge in [-0.2, -0.15) is 5.57 Å². The molecule has 0 heterocycles. The summed E-state index contributed by atoms with van der Waals surface area (Å²) < 4.78 is 0. The molecule has 25 heavy (non-hydrogen) atoms. The minimum atomic E-state index is -0.327. The molecular formula is C20H33Cl2NOTi. The Hall–Kier alpha value is 0.244. The molecule has 0 spiro atoms. The molecule has 0 unspecified atom stereocenters. The molecule has 0 aromatic rings. The largest absolute Gasteiger partial charge is 4.00 e. The molecular weight excluding hydrogens is 389 g/mol. The third-order valence-corrected chi connectivity index (χ3v) is 4.83. The molecule has 0 bridgehead atoms. The monoisotopic (exact) mass is 421 g/mol. The van der Waals surface area contributed by atoms with Gasteiger partial charge in [0, 0.05) is 5.92 Å². The van der Waals surface area contributed by atoms with Crippen molar-refractivity contribution in [2.75, 3.05) is 0 Å². The first-order chi connectivity index (χ1) is 10.6. The van der Waals surface area contributed by atoms with Crippen LogP contribution in [-0.4, -0.2) is 5.91 Å². The quantitative estimate of drug-likeness (QED) is 0.450. The average molecular weight is 422 g/mol. The summed E-state index contributed by atoms with van der Waals surface area (Å²) >= 11 is 0. The molecule has 2 nitrogen and oxygen atoms in total. The number of rotatable bonds is 1. The van der Waals surface area contributed by atoms with Crippen LogP contribution >= 0.6 is 0 Å². The van der Waals surface area contributed by atoms with Crippen molar-refractivity contribution < 1.29 is 51.3 Å². The van der Waals surface area contributed by atoms with Gasteiger partial charge < -0.3 is 35.3 Å². The Kier molecular flexibility index (Phi) is 22.8. The molecule has 0 radical (unpaired) electrons. The fourth-order valence-corrected chi connectivity index (χ4v) is 3.05. The number of hydrogen-bond acceptors (Lipinski definition) is 1. The molecule has 1 saturated carbocycles. The molecule has 0 aromatic heterocycles. The third kappa shape index (κ3) is 15.0. The molecule has 2 aliphatic rings. The average Bonchev–Trinajstić information content (AvgIpc) is 2.84. The zero-order chi connectivity index (χ0) is 16.2. The second kappa shape index (κ2) is 19.0. The maximum absolute atomic E-state index is 11.1. The van der Waals surface area contributed by atoms with Gasteiger partial charge in [0.15, 0.2) is 0 Å². The molecule has 1 amide bonds. The van der Waals surface area contributed by atoms with E-state index < -0.39 is 0 Å². The van der Waals surface area contributed by atoms with Crippen molar-refractivity contribution in [3.8, 4) is 0 Å². The van der Waals surface area contributed by atoms with E-state index in [1.54, 1.807) is 0 Å². The van der Waals surface area contributed by atoms with Gasteiger partial charge in [0.2, 0.25) is 0 Å². The fourth-order valence-electron chi connectivity index (χ4n) is 3.05. The SMILES string of the molecule is CC1=C(C)C[C-]=C1.[Cl-].[Cl-].[NH-]C(=O)C1CCCCCCCCCCC1.[Ti+4]. The molecule has 0 aromatic carbocycles. The van der Waals surface area contributed by atoms with Gasteiger partial charge >= 0.3 is 21.7 Å². The maximum Gasteiger partial charge on any atom is 4.00 e. The van der Waals surface area contributed by atoms with Crippen LogP contribution in [0.5, 0.6) is 0 Å². The van der Waals surface area contributed by atoms with Crippen molar-refractivity contribution in [2.24, 2.45) is 5.92 Å². The third-order valence-electron chi connectivity index (χ3n) is 4.83. The topological polar surface area (TPSA) is 40.9 Å². The van der Waals surface area contributed by atoms with Crippen molar-refractivity contribution >= 4 is 5.91 Å². The van der Waals surface area contributed by atoms with E-state index in [4.69, 9.17) is 5.73 Å². The fraction of sp³-hybridized carbons (Fsp3) is 0.750. The molecule has 142 valence electrons. The first kappa shape index (κ1) is 30.0. The number of hydrogen-bond donors (Lipinski definition) is 0. The second-order valence-corrected chi connectivity index (χ2v) is 6.81. The number of carbonyl (C=O) groups excluding carboxylic acids is 1. The second-order valence-electron chi connectivity index (χ2n) is 6.81. The Balaban J connectivity index is -0.000000416. The number of nitrogens with one attached hydrogen (secondary N) is 1. The van der Waals surface area contributed by atoms with Crippen molar-refractivity contribution in [1.82, 2.24) is 0 Å². The van der Waals surface area contributed by atoms with E-state index in [2.05, 4.69) is 26.0 Å². The first-order valence-electron chi connectivity index (χ1n) is 9.09. The Morgan fingerprint density at radius 3 is 1.56 bits per heavy atom. The van der Waals surface area contributed by atoms with Gasteiger partial charge in [-0.15, -0.1) is 13.3 Å². The van der Waals surface area contributed by atoms with Crippen LogP contribution in [0, 0.1) is 12.0 Å². The predicted molar refractivity (Wildman–Crippen MR) is 94.4 cm³/mol. The van der Waals surface area contributed by atoms with E-state index in [-0.39, 0.29) is 58.4 Å². The summed E-state index contributed by atoms with van der Waals surface area (Å²) in [5, 5.41) is 0. The standard InChI is InChI=1S/C13H25NO.C7H9.2ClH.Ti/c14-13(15)12-10-8-6-4-2-1-3-5-7-9-11-12;1-6-4-3-5-7(6)2;;;/h12H,1-11H2,(H2,14,15);4H,5H2,1-2H3;2*1H;/q;-1;;;+4/p-3. The van der Waals surface area contributed by atoms with Crippen LogP contribution in [0.4, 0.5) is 0 Å². The van der Waals surface area contributed by atoms with Gasteiger partial charge in [0.25, 0.3) is 0 Å². The van der Waals surface area contributed by atoms with Crippen LogP contribution in [0.25, 0.3) is 5.73 Å². The van der Waals surface area contributed by atoms with E-state index in [0.717, 1.165) is 32.1 Å². The van der Waals surface area contributed by atoms with Crippen LogP contribution in [0.1, 0.15) is 90.9 Å². The van der Waals surface area contributed by atoms with E-state index in [1.807, 2.05) is 0 Å². The minimum Gasteiger partial charge on any atom is -1.00 e. The van der Waals surface area contributed by atoms with Crippen molar-refractivity contribution in [2.45, 2.75) is 90.9 Å². The van der Waals surface area contributed by atoms with Crippen LogP contribution in [-0.2, 0) is 26.5 Å². The zero-order valence-corrected chi connectivity index (χ0v) is 18.9. The minimum absolute atomic E-state index is 0. The van der Waals surface area contributed by atoms with Crippen LogP contribution in [0.3, 0.4) is 0 Å². The number of carbonyl (C=O) groups is 1. The Labute approximate surface area is 182 Å². The van der Waals surface area contributed by atoms with Gasteiger partial charge in [-0.1, -0.05) is 64.7 Å². The number of amides is 1. The van der Waals surface area contributed by atoms with Gasteiger partial charge in [-0.05, 0) is 12.8 Å². The van der Waals surface area contributed by atoms with E-state index in [1.165, 1.54) is 56.1 Å². The van der Waals surface area contributed by atoms with E-state index in [0.29, 0.717) is 0 Å². The number of allylic oxidation sites excluding steroid dienone is 4. The predicted octanol–water partition coefficient (Wildman–Crippen LogP) is 0.577.